The van der Waals surface area contributed by atoms with E-state index in [2.05, 4.69) is 0 Å². The first-order valence-corrected chi connectivity index (χ1v) is 7.76. The molecule has 3 aromatic rings. The second-order valence-electron chi connectivity index (χ2n) is 4.90. The molecule has 0 amide bonds. The van der Waals surface area contributed by atoms with E-state index in [1.807, 2.05) is 29.6 Å². The van der Waals surface area contributed by atoms with Gasteiger partial charge in [0.2, 0.25) is 0 Å². The van der Waals surface area contributed by atoms with Crippen LogP contribution in [0.4, 0.5) is 0 Å². The van der Waals surface area contributed by atoms with Crippen LogP contribution in [-0.4, -0.2) is 16.2 Å². The molecule has 0 bridgehead atoms. The third-order valence-corrected chi connectivity index (χ3v) is 5.26. The minimum Gasteiger partial charge on any atom is -0.496 e. The number of ether oxygens (including phenoxy) is 1. The first kappa shape index (κ1) is 14.2. The van der Waals surface area contributed by atoms with Crippen molar-refractivity contribution in [3.05, 3.63) is 50.6 Å². The lowest BCUT2D eigenvalue weighted by molar-refractivity contribution is 0.416. The van der Waals surface area contributed by atoms with E-state index in [4.69, 9.17) is 16.3 Å². The monoisotopic (exact) mass is 322 g/mol. The number of aromatic nitrogens is 2. The molecule has 0 radical (unpaired) electrons. The zero-order valence-corrected chi connectivity index (χ0v) is 13.5. The first-order valence-electron chi connectivity index (χ1n) is 6.44. The minimum absolute atomic E-state index is 0.0361. The molecule has 0 saturated heterocycles. The molecule has 0 aliphatic carbocycles. The summed E-state index contributed by atoms with van der Waals surface area (Å²) in [5.41, 5.74) is 2.72. The van der Waals surface area contributed by atoms with Crippen molar-refractivity contribution in [3.63, 3.8) is 0 Å². The number of fused-ring (bicyclic) bond motifs is 1. The summed E-state index contributed by atoms with van der Waals surface area (Å²) in [6.45, 7) is 0. The Morgan fingerprint density at radius 1 is 1.19 bits per heavy atom. The molecule has 110 valence electrons. The summed E-state index contributed by atoms with van der Waals surface area (Å²) < 4.78 is 8.46. The molecule has 1 atom stereocenters. The van der Waals surface area contributed by atoms with Crippen LogP contribution in [-0.2, 0) is 14.1 Å². The van der Waals surface area contributed by atoms with E-state index in [0.29, 0.717) is 0 Å². The molecule has 0 aliphatic rings. The van der Waals surface area contributed by atoms with Gasteiger partial charge >= 0.3 is 5.69 Å². The van der Waals surface area contributed by atoms with E-state index < -0.39 is 0 Å². The molecule has 0 fully saturated rings. The lowest BCUT2D eigenvalue weighted by atomic mass is 10.1. The summed E-state index contributed by atoms with van der Waals surface area (Å²) in [7, 11) is 5.18. The van der Waals surface area contributed by atoms with Crippen molar-refractivity contribution < 1.29 is 4.74 Å². The zero-order chi connectivity index (χ0) is 15.1. The predicted molar refractivity (Wildman–Crippen MR) is 86.7 cm³/mol. The van der Waals surface area contributed by atoms with Crippen molar-refractivity contribution in [1.29, 1.82) is 0 Å². The summed E-state index contributed by atoms with van der Waals surface area (Å²) in [5, 5.41) is 1.68. The number of aryl methyl sites for hydroxylation is 2. The van der Waals surface area contributed by atoms with Crippen molar-refractivity contribution in [2.45, 2.75) is 5.38 Å². The minimum atomic E-state index is -0.251. The molecular weight excluding hydrogens is 308 g/mol. The molecule has 4 nitrogen and oxygen atoms in total. The molecule has 3 rings (SSSR count). The van der Waals surface area contributed by atoms with E-state index in [9.17, 15) is 4.79 Å². The number of halogens is 1. The second-order valence-corrected chi connectivity index (χ2v) is 6.28. The Morgan fingerprint density at radius 2 is 1.90 bits per heavy atom. The highest BCUT2D eigenvalue weighted by Crippen LogP contribution is 2.36. The maximum absolute atomic E-state index is 12.0. The molecule has 0 saturated carbocycles. The fraction of sp³-hybridized carbons (Fsp3) is 0.267. The number of thiophene rings is 1. The fourth-order valence-corrected chi connectivity index (χ4v) is 3.63. The standard InChI is InChI=1S/C15H15ClN2O2S/c1-17-11-5-4-9(6-12(11)18(2)15(17)19)14(16)13-7-10(20-3)8-21-13/h4-8,14H,1-3H3. The molecule has 2 heterocycles. The quantitative estimate of drug-likeness (QED) is 0.694. The van der Waals surface area contributed by atoms with E-state index >= 15 is 0 Å². The Morgan fingerprint density at radius 3 is 2.57 bits per heavy atom. The lowest BCUT2D eigenvalue weighted by Gasteiger charge is -2.08. The van der Waals surface area contributed by atoms with Gasteiger partial charge in [-0.15, -0.1) is 22.9 Å². The summed E-state index contributed by atoms with van der Waals surface area (Å²) in [6.07, 6.45) is 0. The third kappa shape index (κ3) is 2.26. The van der Waals surface area contributed by atoms with Crippen molar-refractivity contribution >= 4 is 34.0 Å². The van der Waals surface area contributed by atoms with Crippen molar-refractivity contribution in [2.75, 3.05) is 7.11 Å². The van der Waals surface area contributed by atoms with Gasteiger partial charge in [-0.1, -0.05) is 6.07 Å². The Bertz CT molecular complexity index is 862. The number of hydrogen-bond acceptors (Lipinski definition) is 3. The van der Waals surface area contributed by atoms with E-state index in [0.717, 1.165) is 27.2 Å². The van der Waals surface area contributed by atoms with Crippen LogP contribution in [0.25, 0.3) is 11.0 Å². The van der Waals surface area contributed by atoms with Gasteiger partial charge < -0.3 is 4.74 Å². The summed E-state index contributed by atoms with van der Waals surface area (Å²) in [4.78, 5) is 13.0. The normalized spacial score (nSPS) is 12.8. The number of imidazole rings is 1. The van der Waals surface area contributed by atoms with E-state index in [1.54, 1.807) is 41.7 Å². The van der Waals surface area contributed by atoms with Crippen molar-refractivity contribution in [3.8, 4) is 5.75 Å². The average molecular weight is 323 g/mol. The van der Waals surface area contributed by atoms with Crippen LogP contribution < -0.4 is 10.4 Å². The number of alkyl halides is 1. The lowest BCUT2D eigenvalue weighted by Crippen LogP contribution is -2.19. The molecule has 0 aliphatic heterocycles. The van der Waals surface area contributed by atoms with Crippen LogP contribution in [0.15, 0.2) is 34.4 Å². The zero-order valence-electron chi connectivity index (χ0n) is 12.0. The summed E-state index contributed by atoms with van der Waals surface area (Å²) in [5.74, 6) is 0.814. The summed E-state index contributed by atoms with van der Waals surface area (Å²) in [6, 6.07) is 7.81. The van der Waals surface area contributed by atoms with Gasteiger partial charge in [0.25, 0.3) is 0 Å². The molecule has 2 aromatic heterocycles. The molecule has 1 unspecified atom stereocenters. The Labute approximate surface area is 131 Å². The van der Waals surface area contributed by atoms with Gasteiger partial charge in [-0.05, 0) is 23.8 Å². The highest BCUT2D eigenvalue weighted by atomic mass is 35.5. The smallest absolute Gasteiger partial charge is 0.328 e. The molecule has 6 heteroatoms. The number of methoxy groups -OCH3 is 1. The van der Waals surface area contributed by atoms with Gasteiger partial charge in [-0.3, -0.25) is 9.13 Å². The molecular formula is C15H15ClN2O2S. The number of nitrogens with zero attached hydrogens (tertiary/aromatic N) is 2. The van der Waals surface area contributed by atoms with Gasteiger partial charge in [-0.2, -0.15) is 0 Å². The highest BCUT2D eigenvalue weighted by Gasteiger charge is 2.16. The Balaban J connectivity index is 2.08. The van der Waals surface area contributed by atoms with Crippen LogP contribution in [0.5, 0.6) is 5.75 Å². The van der Waals surface area contributed by atoms with Crippen molar-refractivity contribution in [2.24, 2.45) is 14.1 Å². The highest BCUT2D eigenvalue weighted by molar-refractivity contribution is 7.10. The Hall–Kier alpha value is -1.72. The number of benzene rings is 1. The summed E-state index contributed by atoms with van der Waals surface area (Å²) >= 11 is 8.13. The Kier molecular flexibility index (Phi) is 3.55. The molecule has 1 aromatic carbocycles. The van der Waals surface area contributed by atoms with Gasteiger partial charge in [0.15, 0.2) is 0 Å². The van der Waals surface area contributed by atoms with Crippen LogP contribution in [0.1, 0.15) is 15.8 Å². The number of rotatable bonds is 3. The predicted octanol–water partition coefficient (Wildman–Crippen LogP) is 3.28. The van der Waals surface area contributed by atoms with Gasteiger partial charge in [0.1, 0.15) is 5.75 Å². The van der Waals surface area contributed by atoms with Gasteiger partial charge in [0.05, 0.1) is 23.5 Å². The van der Waals surface area contributed by atoms with Crippen LogP contribution in [0.2, 0.25) is 0 Å². The van der Waals surface area contributed by atoms with E-state index in [-0.39, 0.29) is 11.1 Å². The third-order valence-electron chi connectivity index (χ3n) is 3.67. The topological polar surface area (TPSA) is 36.2 Å². The SMILES string of the molecule is COc1csc(C(Cl)c2ccc3c(c2)n(C)c(=O)n3C)c1. The van der Waals surface area contributed by atoms with E-state index in [1.165, 1.54) is 0 Å². The van der Waals surface area contributed by atoms with Crippen LogP contribution >= 0.6 is 22.9 Å². The van der Waals surface area contributed by atoms with Crippen LogP contribution in [0, 0.1) is 0 Å². The van der Waals surface area contributed by atoms with Crippen LogP contribution in [0.3, 0.4) is 0 Å². The fourth-order valence-electron chi connectivity index (χ4n) is 2.42. The maximum atomic E-state index is 12.0. The maximum Gasteiger partial charge on any atom is 0.328 e. The van der Waals surface area contributed by atoms with Gasteiger partial charge in [0, 0.05) is 24.4 Å². The molecule has 21 heavy (non-hydrogen) atoms. The van der Waals surface area contributed by atoms with Gasteiger partial charge in [-0.25, -0.2) is 4.79 Å². The second kappa shape index (κ2) is 5.24. The average Bonchev–Trinajstić information content (AvgIpc) is 3.07. The first-order chi connectivity index (χ1) is 10.0. The molecule has 0 spiro atoms. The van der Waals surface area contributed by atoms with Crippen molar-refractivity contribution in [1.82, 2.24) is 9.13 Å². The number of hydrogen-bond donors (Lipinski definition) is 0. The largest absolute Gasteiger partial charge is 0.496 e. The molecule has 0 N–H and O–H groups in total.